The summed E-state index contributed by atoms with van der Waals surface area (Å²) in [6.07, 6.45) is 5.09. The molecule has 3 heteroatoms. The minimum absolute atomic E-state index is 0.0774. The van der Waals surface area contributed by atoms with Crippen LogP contribution in [0.3, 0.4) is 0 Å². The van der Waals surface area contributed by atoms with Crippen molar-refractivity contribution in [2.24, 2.45) is 11.7 Å². The molecule has 1 aliphatic rings. The highest BCUT2D eigenvalue weighted by atomic mass is 16.3. The number of hydrogen-bond acceptors (Lipinski definition) is 3. The third-order valence-electron chi connectivity index (χ3n) is 3.55. The van der Waals surface area contributed by atoms with E-state index in [4.69, 9.17) is 10.8 Å². The molecule has 0 aliphatic heterocycles. The SMILES string of the molecule is CCN(CCC(C)(N)CO)CC1CCC1. The molecule has 0 bridgehead atoms. The summed E-state index contributed by atoms with van der Waals surface area (Å²) in [6.45, 7) is 7.53. The molecule has 1 aliphatic carbocycles. The first kappa shape index (κ1) is 12.9. The molecule has 1 fully saturated rings. The standard InChI is InChI=1S/C12H26N2O/c1-3-14(9-11-5-4-6-11)8-7-12(2,13)10-15/h11,15H,3-10,13H2,1-2H3. The molecule has 0 spiro atoms. The zero-order valence-corrected chi connectivity index (χ0v) is 10.2. The van der Waals surface area contributed by atoms with E-state index in [0.29, 0.717) is 0 Å². The highest BCUT2D eigenvalue weighted by Crippen LogP contribution is 2.27. The Morgan fingerprint density at radius 1 is 1.47 bits per heavy atom. The lowest BCUT2D eigenvalue weighted by atomic mass is 9.85. The number of rotatable bonds is 7. The molecular weight excluding hydrogens is 188 g/mol. The summed E-state index contributed by atoms with van der Waals surface area (Å²) in [5, 5.41) is 9.08. The Labute approximate surface area is 93.6 Å². The molecule has 15 heavy (non-hydrogen) atoms. The smallest absolute Gasteiger partial charge is 0.0608 e. The van der Waals surface area contributed by atoms with Crippen molar-refractivity contribution >= 4 is 0 Å². The molecule has 0 aromatic heterocycles. The lowest BCUT2D eigenvalue weighted by Crippen LogP contribution is -2.44. The fraction of sp³-hybridized carbons (Fsp3) is 1.00. The predicted molar refractivity (Wildman–Crippen MR) is 63.8 cm³/mol. The van der Waals surface area contributed by atoms with Crippen LogP contribution in [-0.4, -0.2) is 41.8 Å². The number of nitrogens with two attached hydrogens (primary N) is 1. The fourth-order valence-corrected chi connectivity index (χ4v) is 1.91. The number of hydrogen-bond donors (Lipinski definition) is 2. The van der Waals surface area contributed by atoms with Gasteiger partial charge in [0.2, 0.25) is 0 Å². The molecule has 0 radical (unpaired) electrons. The Morgan fingerprint density at radius 2 is 2.13 bits per heavy atom. The summed E-state index contributed by atoms with van der Waals surface area (Å²) in [4.78, 5) is 2.46. The van der Waals surface area contributed by atoms with Crippen LogP contribution in [0.15, 0.2) is 0 Å². The van der Waals surface area contributed by atoms with Crippen molar-refractivity contribution < 1.29 is 5.11 Å². The van der Waals surface area contributed by atoms with Crippen LogP contribution in [0.2, 0.25) is 0 Å². The van der Waals surface area contributed by atoms with Gasteiger partial charge in [0.05, 0.1) is 6.61 Å². The van der Waals surface area contributed by atoms with Crippen LogP contribution in [0.1, 0.15) is 39.5 Å². The molecular formula is C12H26N2O. The zero-order chi connectivity index (χ0) is 11.3. The van der Waals surface area contributed by atoms with E-state index in [0.717, 1.165) is 25.4 Å². The maximum atomic E-state index is 9.08. The second-order valence-corrected chi connectivity index (χ2v) is 5.25. The first-order valence-electron chi connectivity index (χ1n) is 6.19. The van der Waals surface area contributed by atoms with Crippen molar-refractivity contribution in [1.82, 2.24) is 4.90 Å². The van der Waals surface area contributed by atoms with Gasteiger partial charge in [-0.2, -0.15) is 0 Å². The van der Waals surface area contributed by atoms with Gasteiger partial charge in [-0.25, -0.2) is 0 Å². The largest absolute Gasteiger partial charge is 0.394 e. The van der Waals surface area contributed by atoms with Crippen molar-refractivity contribution in [3.8, 4) is 0 Å². The third-order valence-corrected chi connectivity index (χ3v) is 3.55. The first-order valence-corrected chi connectivity index (χ1v) is 6.19. The highest BCUT2D eigenvalue weighted by molar-refractivity contribution is 4.80. The van der Waals surface area contributed by atoms with E-state index in [2.05, 4.69) is 11.8 Å². The van der Waals surface area contributed by atoms with E-state index in [1.54, 1.807) is 0 Å². The second kappa shape index (κ2) is 5.83. The van der Waals surface area contributed by atoms with Gasteiger partial charge in [0.1, 0.15) is 0 Å². The van der Waals surface area contributed by atoms with Crippen LogP contribution < -0.4 is 5.73 Å². The van der Waals surface area contributed by atoms with E-state index in [-0.39, 0.29) is 6.61 Å². The molecule has 0 amide bonds. The summed E-state index contributed by atoms with van der Waals surface area (Å²) < 4.78 is 0. The Bertz CT molecular complexity index is 178. The highest BCUT2D eigenvalue weighted by Gasteiger charge is 2.22. The van der Waals surface area contributed by atoms with Crippen LogP contribution in [0.25, 0.3) is 0 Å². The van der Waals surface area contributed by atoms with E-state index >= 15 is 0 Å². The number of nitrogens with zero attached hydrogens (tertiary/aromatic N) is 1. The van der Waals surface area contributed by atoms with Crippen LogP contribution >= 0.6 is 0 Å². The monoisotopic (exact) mass is 214 g/mol. The first-order chi connectivity index (χ1) is 7.07. The molecule has 0 aromatic carbocycles. The fourth-order valence-electron chi connectivity index (χ4n) is 1.91. The van der Waals surface area contributed by atoms with Crippen molar-refractivity contribution in [3.63, 3.8) is 0 Å². The van der Waals surface area contributed by atoms with Gasteiger partial charge in [-0.05, 0) is 45.2 Å². The molecule has 1 saturated carbocycles. The van der Waals surface area contributed by atoms with Crippen LogP contribution in [-0.2, 0) is 0 Å². The van der Waals surface area contributed by atoms with Crippen molar-refractivity contribution in [2.75, 3.05) is 26.2 Å². The Morgan fingerprint density at radius 3 is 2.53 bits per heavy atom. The van der Waals surface area contributed by atoms with Crippen LogP contribution in [0.5, 0.6) is 0 Å². The van der Waals surface area contributed by atoms with E-state index < -0.39 is 5.54 Å². The van der Waals surface area contributed by atoms with Crippen molar-refractivity contribution in [1.29, 1.82) is 0 Å². The molecule has 1 atom stereocenters. The lowest BCUT2D eigenvalue weighted by molar-refractivity contribution is 0.149. The van der Waals surface area contributed by atoms with Gasteiger partial charge in [-0.1, -0.05) is 13.3 Å². The molecule has 3 N–H and O–H groups in total. The van der Waals surface area contributed by atoms with Crippen LogP contribution in [0.4, 0.5) is 0 Å². The average molecular weight is 214 g/mol. The Kier molecular flexibility index (Phi) is 5.03. The Balaban J connectivity index is 2.20. The minimum Gasteiger partial charge on any atom is -0.394 e. The molecule has 0 heterocycles. The summed E-state index contributed by atoms with van der Waals surface area (Å²) in [6, 6.07) is 0. The summed E-state index contributed by atoms with van der Waals surface area (Å²) >= 11 is 0. The number of aliphatic hydroxyl groups is 1. The van der Waals surface area contributed by atoms with Crippen LogP contribution in [0, 0.1) is 5.92 Å². The van der Waals surface area contributed by atoms with Gasteiger partial charge in [-0.3, -0.25) is 0 Å². The molecule has 3 nitrogen and oxygen atoms in total. The maximum Gasteiger partial charge on any atom is 0.0608 e. The van der Waals surface area contributed by atoms with E-state index in [9.17, 15) is 0 Å². The van der Waals surface area contributed by atoms with Crippen molar-refractivity contribution in [3.05, 3.63) is 0 Å². The molecule has 0 aromatic rings. The maximum absolute atomic E-state index is 9.08. The van der Waals surface area contributed by atoms with Gasteiger partial charge in [0.15, 0.2) is 0 Å². The van der Waals surface area contributed by atoms with Gasteiger partial charge in [0.25, 0.3) is 0 Å². The molecule has 90 valence electrons. The lowest BCUT2D eigenvalue weighted by Gasteiger charge is -2.33. The minimum atomic E-state index is -0.410. The van der Waals surface area contributed by atoms with Gasteiger partial charge in [-0.15, -0.1) is 0 Å². The normalized spacial score (nSPS) is 21.4. The predicted octanol–water partition coefficient (Wildman–Crippen LogP) is 1.21. The Hall–Kier alpha value is -0.120. The second-order valence-electron chi connectivity index (χ2n) is 5.25. The third kappa shape index (κ3) is 4.49. The van der Waals surface area contributed by atoms with Crippen molar-refractivity contribution in [2.45, 2.75) is 45.1 Å². The summed E-state index contributed by atoms with van der Waals surface area (Å²) in [5.41, 5.74) is 5.51. The average Bonchev–Trinajstić information content (AvgIpc) is 2.15. The van der Waals surface area contributed by atoms with Gasteiger partial charge >= 0.3 is 0 Å². The molecule has 1 rings (SSSR count). The number of aliphatic hydroxyl groups excluding tert-OH is 1. The molecule has 0 saturated heterocycles. The van der Waals surface area contributed by atoms with Gasteiger partial charge in [0, 0.05) is 12.1 Å². The summed E-state index contributed by atoms with van der Waals surface area (Å²) in [5.74, 6) is 0.920. The zero-order valence-electron chi connectivity index (χ0n) is 10.2. The van der Waals surface area contributed by atoms with E-state index in [1.807, 2.05) is 6.92 Å². The quantitative estimate of drug-likeness (QED) is 0.669. The van der Waals surface area contributed by atoms with Gasteiger partial charge < -0.3 is 15.7 Å². The van der Waals surface area contributed by atoms with E-state index in [1.165, 1.54) is 25.8 Å². The summed E-state index contributed by atoms with van der Waals surface area (Å²) in [7, 11) is 0. The topological polar surface area (TPSA) is 49.5 Å². The molecule has 1 unspecified atom stereocenters.